The molecule has 1 saturated carbocycles. The molecule has 0 unspecified atom stereocenters. The summed E-state index contributed by atoms with van der Waals surface area (Å²) in [5.74, 6) is -1.21. The van der Waals surface area contributed by atoms with Crippen LogP contribution < -0.4 is 15.4 Å². The predicted molar refractivity (Wildman–Crippen MR) is 119 cm³/mol. The van der Waals surface area contributed by atoms with Crippen LogP contribution >= 0.6 is 0 Å². The summed E-state index contributed by atoms with van der Waals surface area (Å²) in [6.07, 6.45) is 1.94. The molecule has 3 aromatic carbocycles. The van der Waals surface area contributed by atoms with E-state index in [2.05, 4.69) is 15.4 Å². The Balaban J connectivity index is 1.48. The summed E-state index contributed by atoms with van der Waals surface area (Å²) >= 11 is 0. The standard InChI is InChI=1S/C23H20FN3O4S/c24-17-7-9-19(10-8-17)27-32(30,31)21-6-2-4-16(14-21)23(29)26-20-5-1-3-15(13-20)22(28)25-18-11-12-18/h1-10,13-14,18,27H,11-12H2,(H,25,28)(H,26,29). The zero-order valence-electron chi connectivity index (χ0n) is 16.8. The average Bonchev–Trinajstić information content (AvgIpc) is 3.59. The molecule has 0 aromatic heterocycles. The number of carbonyl (C=O) groups excluding carboxylic acids is 2. The Morgan fingerprint density at radius 2 is 1.47 bits per heavy atom. The van der Waals surface area contributed by atoms with E-state index >= 15 is 0 Å². The Bertz CT molecular complexity index is 1270. The lowest BCUT2D eigenvalue weighted by Crippen LogP contribution is -2.25. The van der Waals surface area contributed by atoms with Gasteiger partial charge >= 0.3 is 0 Å². The van der Waals surface area contributed by atoms with Gasteiger partial charge in [-0.25, -0.2) is 12.8 Å². The molecule has 3 N–H and O–H groups in total. The van der Waals surface area contributed by atoms with Crippen molar-refractivity contribution in [1.82, 2.24) is 5.32 Å². The lowest BCUT2D eigenvalue weighted by atomic mass is 10.1. The van der Waals surface area contributed by atoms with Crippen LogP contribution in [0.5, 0.6) is 0 Å². The first kappa shape index (κ1) is 21.5. The summed E-state index contributed by atoms with van der Waals surface area (Å²) in [6, 6.07) is 17.1. The number of benzene rings is 3. The van der Waals surface area contributed by atoms with E-state index in [1.165, 1.54) is 36.4 Å². The van der Waals surface area contributed by atoms with Gasteiger partial charge in [-0.05, 0) is 73.5 Å². The van der Waals surface area contributed by atoms with Crippen molar-refractivity contribution < 1.29 is 22.4 Å². The number of halogens is 1. The molecule has 32 heavy (non-hydrogen) atoms. The molecule has 4 rings (SSSR count). The molecule has 0 atom stereocenters. The summed E-state index contributed by atoms with van der Waals surface area (Å²) in [7, 11) is -3.98. The van der Waals surface area contributed by atoms with E-state index in [0.29, 0.717) is 11.3 Å². The van der Waals surface area contributed by atoms with E-state index in [4.69, 9.17) is 0 Å². The van der Waals surface area contributed by atoms with Crippen LogP contribution in [0.2, 0.25) is 0 Å². The number of nitrogens with one attached hydrogen (secondary N) is 3. The molecular weight excluding hydrogens is 433 g/mol. The minimum absolute atomic E-state index is 0.118. The van der Waals surface area contributed by atoms with Crippen molar-refractivity contribution in [1.29, 1.82) is 0 Å². The van der Waals surface area contributed by atoms with Gasteiger partial charge in [-0.2, -0.15) is 0 Å². The number of hydrogen-bond donors (Lipinski definition) is 3. The van der Waals surface area contributed by atoms with Gasteiger partial charge < -0.3 is 10.6 Å². The molecule has 2 amide bonds. The van der Waals surface area contributed by atoms with Crippen LogP contribution in [-0.2, 0) is 10.0 Å². The molecule has 0 heterocycles. The number of carbonyl (C=O) groups is 2. The van der Waals surface area contributed by atoms with E-state index < -0.39 is 21.7 Å². The highest BCUT2D eigenvalue weighted by Crippen LogP contribution is 2.21. The van der Waals surface area contributed by atoms with Gasteiger partial charge in [-0.1, -0.05) is 12.1 Å². The highest BCUT2D eigenvalue weighted by molar-refractivity contribution is 7.92. The maximum Gasteiger partial charge on any atom is 0.261 e. The van der Waals surface area contributed by atoms with Gasteiger partial charge in [0, 0.05) is 28.5 Å². The number of hydrogen-bond acceptors (Lipinski definition) is 4. The zero-order chi connectivity index (χ0) is 22.7. The number of sulfonamides is 1. The quantitative estimate of drug-likeness (QED) is 0.507. The maximum atomic E-state index is 13.0. The molecule has 164 valence electrons. The SMILES string of the molecule is O=C(Nc1cccc(C(=O)NC2CC2)c1)c1cccc(S(=O)(=O)Nc2ccc(F)cc2)c1. The molecule has 1 fully saturated rings. The summed E-state index contributed by atoms with van der Waals surface area (Å²) in [4.78, 5) is 24.8. The first-order valence-corrected chi connectivity index (χ1v) is 11.4. The van der Waals surface area contributed by atoms with Gasteiger partial charge in [0.05, 0.1) is 4.90 Å². The lowest BCUT2D eigenvalue weighted by molar-refractivity contribution is 0.0949. The van der Waals surface area contributed by atoms with Crippen molar-refractivity contribution in [2.75, 3.05) is 10.0 Å². The van der Waals surface area contributed by atoms with E-state index in [0.717, 1.165) is 25.0 Å². The Morgan fingerprint density at radius 3 is 2.16 bits per heavy atom. The molecule has 9 heteroatoms. The Labute approximate surface area is 184 Å². The molecular formula is C23H20FN3O4S. The summed E-state index contributed by atoms with van der Waals surface area (Å²) in [5.41, 5.74) is 1.16. The molecule has 0 aliphatic heterocycles. The first-order valence-electron chi connectivity index (χ1n) is 9.91. The van der Waals surface area contributed by atoms with E-state index in [1.54, 1.807) is 24.3 Å². The second kappa shape index (κ2) is 8.80. The van der Waals surface area contributed by atoms with E-state index in [-0.39, 0.29) is 28.1 Å². The van der Waals surface area contributed by atoms with Gasteiger partial charge in [-0.15, -0.1) is 0 Å². The van der Waals surface area contributed by atoms with E-state index in [1.807, 2.05) is 0 Å². The molecule has 1 aliphatic rings. The van der Waals surface area contributed by atoms with E-state index in [9.17, 15) is 22.4 Å². The third-order valence-electron chi connectivity index (χ3n) is 4.80. The average molecular weight is 453 g/mol. The van der Waals surface area contributed by atoms with Gasteiger partial charge in [0.25, 0.3) is 21.8 Å². The van der Waals surface area contributed by atoms with Crippen molar-refractivity contribution in [3.05, 3.63) is 89.7 Å². The second-order valence-electron chi connectivity index (χ2n) is 7.42. The van der Waals surface area contributed by atoms with Gasteiger partial charge in [0.15, 0.2) is 0 Å². The fourth-order valence-corrected chi connectivity index (χ4v) is 4.08. The predicted octanol–water partition coefficient (Wildman–Crippen LogP) is 3.77. The normalized spacial score (nSPS) is 13.3. The molecule has 7 nitrogen and oxygen atoms in total. The van der Waals surface area contributed by atoms with Crippen molar-refractivity contribution >= 4 is 33.2 Å². The monoisotopic (exact) mass is 453 g/mol. The number of anilines is 2. The first-order chi connectivity index (χ1) is 15.3. The van der Waals surface area contributed by atoms with Crippen molar-refractivity contribution in [3.63, 3.8) is 0 Å². The minimum atomic E-state index is -3.98. The van der Waals surface area contributed by atoms with Crippen LogP contribution in [0.3, 0.4) is 0 Å². The number of rotatable bonds is 7. The Kier molecular flexibility index (Phi) is 5.91. The fraction of sp³-hybridized carbons (Fsp3) is 0.130. The molecule has 0 bridgehead atoms. The Hall–Kier alpha value is -3.72. The van der Waals surface area contributed by atoms with Crippen molar-refractivity contribution in [3.8, 4) is 0 Å². The van der Waals surface area contributed by atoms with Gasteiger partial charge in [-0.3, -0.25) is 14.3 Å². The van der Waals surface area contributed by atoms with Crippen LogP contribution in [-0.4, -0.2) is 26.3 Å². The fourth-order valence-electron chi connectivity index (χ4n) is 2.97. The smallest absolute Gasteiger partial charge is 0.261 e. The molecule has 3 aromatic rings. The highest BCUT2D eigenvalue weighted by Gasteiger charge is 2.24. The largest absolute Gasteiger partial charge is 0.349 e. The number of amides is 2. The lowest BCUT2D eigenvalue weighted by Gasteiger charge is -2.11. The van der Waals surface area contributed by atoms with Crippen molar-refractivity contribution in [2.24, 2.45) is 0 Å². The summed E-state index contributed by atoms with van der Waals surface area (Å²) in [6.45, 7) is 0. The summed E-state index contributed by atoms with van der Waals surface area (Å²) < 4.78 is 40.7. The summed E-state index contributed by atoms with van der Waals surface area (Å²) in [5, 5.41) is 5.56. The van der Waals surface area contributed by atoms with Crippen LogP contribution in [0, 0.1) is 5.82 Å². The molecule has 0 saturated heterocycles. The van der Waals surface area contributed by atoms with Gasteiger partial charge in [0.2, 0.25) is 0 Å². The van der Waals surface area contributed by atoms with Crippen LogP contribution in [0.1, 0.15) is 33.6 Å². The molecule has 1 aliphatic carbocycles. The Morgan fingerprint density at radius 1 is 0.812 bits per heavy atom. The van der Waals surface area contributed by atoms with Crippen LogP contribution in [0.15, 0.2) is 77.7 Å². The second-order valence-corrected chi connectivity index (χ2v) is 9.11. The van der Waals surface area contributed by atoms with Crippen LogP contribution in [0.4, 0.5) is 15.8 Å². The minimum Gasteiger partial charge on any atom is -0.349 e. The molecule has 0 radical (unpaired) electrons. The zero-order valence-corrected chi connectivity index (χ0v) is 17.7. The topological polar surface area (TPSA) is 104 Å². The molecule has 0 spiro atoms. The maximum absolute atomic E-state index is 13.0. The van der Waals surface area contributed by atoms with Crippen molar-refractivity contribution in [2.45, 2.75) is 23.8 Å². The highest BCUT2D eigenvalue weighted by atomic mass is 32.2. The third-order valence-corrected chi connectivity index (χ3v) is 6.18. The third kappa shape index (κ3) is 5.30. The van der Waals surface area contributed by atoms with Gasteiger partial charge in [0.1, 0.15) is 5.82 Å². The van der Waals surface area contributed by atoms with Crippen LogP contribution in [0.25, 0.3) is 0 Å².